The summed E-state index contributed by atoms with van der Waals surface area (Å²) >= 11 is 13.5. The van der Waals surface area contributed by atoms with Gasteiger partial charge < -0.3 is 18.3 Å². The van der Waals surface area contributed by atoms with Crippen molar-refractivity contribution < 1.29 is 18.3 Å². The highest BCUT2D eigenvalue weighted by Gasteiger charge is 2.43. The molecule has 0 aromatic heterocycles. The molecule has 2 atom stereocenters. The Morgan fingerprint density at radius 1 is 0.742 bits per heavy atom. The van der Waals surface area contributed by atoms with Crippen LogP contribution in [0.4, 0.5) is 0 Å². The van der Waals surface area contributed by atoms with Crippen molar-refractivity contribution in [2.24, 2.45) is 5.41 Å². The third-order valence-corrected chi connectivity index (χ3v) is 8.73. The lowest BCUT2D eigenvalue weighted by atomic mass is 9.76. The zero-order chi connectivity index (χ0) is 23.8. The lowest BCUT2D eigenvalue weighted by molar-refractivity contribution is -0.0478. The van der Waals surface area contributed by atoms with Crippen LogP contribution in [-0.2, 0) is 18.3 Å². The summed E-state index contributed by atoms with van der Waals surface area (Å²) in [5.41, 5.74) is 0.439. The van der Waals surface area contributed by atoms with Crippen LogP contribution >= 0.6 is 23.2 Å². The normalized spacial score (nSPS) is 20.3. The smallest absolute Gasteiger partial charge is 0.146 e. The molecule has 0 radical (unpaired) electrons. The van der Waals surface area contributed by atoms with Crippen LogP contribution in [0, 0.1) is 5.41 Å². The van der Waals surface area contributed by atoms with E-state index in [1.165, 1.54) is 0 Å². The van der Waals surface area contributed by atoms with E-state index in [9.17, 15) is 0 Å². The Labute approximate surface area is 204 Å². The van der Waals surface area contributed by atoms with Crippen LogP contribution in [0.5, 0.6) is 0 Å². The van der Waals surface area contributed by atoms with E-state index in [1.54, 1.807) is 0 Å². The van der Waals surface area contributed by atoms with E-state index in [-0.39, 0.29) is 12.2 Å². The summed E-state index contributed by atoms with van der Waals surface area (Å²) in [6.45, 7) is 16.5. The van der Waals surface area contributed by atoms with Crippen molar-refractivity contribution in [1.82, 2.24) is 0 Å². The number of rotatable bonds is 10. The van der Waals surface area contributed by atoms with Gasteiger partial charge in [0.15, 0.2) is 0 Å². The first-order valence-corrected chi connectivity index (χ1v) is 13.2. The van der Waals surface area contributed by atoms with Gasteiger partial charge in [-0.05, 0) is 53.7 Å². The maximum Gasteiger partial charge on any atom is 0.146 e. The Balaban J connectivity index is 2.40. The fourth-order valence-corrected chi connectivity index (χ4v) is 5.89. The summed E-state index contributed by atoms with van der Waals surface area (Å²) in [6.07, 6.45) is 5.33. The van der Waals surface area contributed by atoms with E-state index in [0.29, 0.717) is 33.8 Å². The van der Waals surface area contributed by atoms with Gasteiger partial charge in [-0.2, -0.15) is 0 Å². The second-order valence-corrected chi connectivity index (χ2v) is 11.8. The number of hydrogen-bond acceptors (Lipinski definition) is 4. The molecule has 0 spiro atoms. The van der Waals surface area contributed by atoms with Crippen LogP contribution in [0.25, 0.3) is 0 Å². The van der Waals surface area contributed by atoms with E-state index in [1.807, 2.05) is 41.5 Å². The molecule has 176 valence electrons. The van der Waals surface area contributed by atoms with Crippen molar-refractivity contribution in [3.63, 3.8) is 0 Å². The van der Waals surface area contributed by atoms with Gasteiger partial charge in [-0.1, -0.05) is 37.0 Å². The summed E-state index contributed by atoms with van der Waals surface area (Å²) in [5.74, 6) is 1.59. The van der Waals surface area contributed by atoms with Crippen molar-refractivity contribution in [3.05, 3.63) is 44.9 Å². The first kappa shape index (κ1) is 26.7. The van der Waals surface area contributed by atoms with Crippen LogP contribution in [0.3, 0.4) is 0 Å². The Morgan fingerprint density at radius 2 is 1.06 bits per heavy atom. The Kier molecular flexibility index (Phi) is 8.43. The molecule has 0 saturated heterocycles. The highest BCUT2D eigenvalue weighted by atomic mass is 35.5. The maximum atomic E-state index is 6.76. The summed E-state index contributed by atoms with van der Waals surface area (Å²) in [6, 6.07) is 0. The SMILES string of the molecule is CC(O[SiH3])C(C)(C)OC1=CCC(Cl)=C1C(C)(C)C1=C(Cl)CC=C1OC(C)(C)C(C)O[SiH3]. The number of halogens is 2. The van der Waals surface area contributed by atoms with Gasteiger partial charge >= 0.3 is 0 Å². The van der Waals surface area contributed by atoms with Crippen molar-refractivity contribution in [3.8, 4) is 0 Å². The van der Waals surface area contributed by atoms with Crippen molar-refractivity contribution in [2.45, 2.75) is 91.6 Å². The van der Waals surface area contributed by atoms with Gasteiger partial charge in [0.1, 0.15) is 43.7 Å². The van der Waals surface area contributed by atoms with Gasteiger partial charge in [0.05, 0.1) is 12.2 Å². The molecule has 2 unspecified atom stereocenters. The molecule has 0 N–H and O–H groups in total. The minimum atomic E-state index is -0.499. The van der Waals surface area contributed by atoms with Crippen LogP contribution < -0.4 is 0 Å². The van der Waals surface area contributed by atoms with Crippen molar-refractivity contribution in [1.29, 1.82) is 0 Å². The number of ether oxygens (including phenoxy) is 2. The monoisotopic (exact) mass is 504 g/mol. The van der Waals surface area contributed by atoms with Gasteiger partial charge in [0.2, 0.25) is 0 Å². The maximum absolute atomic E-state index is 6.76. The van der Waals surface area contributed by atoms with E-state index in [2.05, 4.69) is 26.0 Å². The number of hydrogen-bond donors (Lipinski definition) is 0. The molecular formula is C23H38Cl2O4Si2. The second kappa shape index (κ2) is 9.78. The molecule has 0 amide bonds. The molecule has 8 heteroatoms. The van der Waals surface area contributed by atoms with E-state index in [0.717, 1.165) is 32.7 Å². The summed E-state index contributed by atoms with van der Waals surface area (Å²) in [7, 11) is 1.31. The topological polar surface area (TPSA) is 36.9 Å². The predicted octanol–water partition coefficient (Wildman–Crippen LogP) is 4.54. The molecule has 2 rings (SSSR count). The van der Waals surface area contributed by atoms with Crippen LogP contribution in [-0.4, -0.2) is 44.4 Å². The fraction of sp³-hybridized carbons (Fsp3) is 0.652. The molecule has 2 aliphatic rings. The molecule has 4 nitrogen and oxygen atoms in total. The van der Waals surface area contributed by atoms with Gasteiger partial charge in [-0.3, -0.25) is 0 Å². The highest BCUT2D eigenvalue weighted by molar-refractivity contribution is 6.31. The summed E-state index contributed by atoms with van der Waals surface area (Å²) in [4.78, 5) is 0. The van der Waals surface area contributed by atoms with E-state index < -0.39 is 16.6 Å². The van der Waals surface area contributed by atoms with Gasteiger partial charge in [0, 0.05) is 39.5 Å². The third-order valence-electron chi connectivity index (χ3n) is 6.63. The second-order valence-electron chi connectivity index (χ2n) is 9.90. The number of allylic oxidation sites excluding steroid dienone is 6. The Morgan fingerprint density at radius 3 is 1.35 bits per heavy atom. The predicted molar refractivity (Wildman–Crippen MR) is 136 cm³/mol. The zero-order valence-corrected chi connectivity index (χ0v) is 26.1. The average molecular weight is 506 g/mol. The minimum absolute atomic E-state index is 0.0308. The Hall–Kier alpha value is -0.506. The summed E-state index contributed by atoms with van der Waals surface area (Å²) < 4.78 is 24.3. The lowest BCUT2D eigenvalue weighted by Crippen LogP contribution is -2.40. The van der Waals surface area contributed by atoms with E-state index in [4.69, 9.17) is 41.5 Å². The lowest BCUT2D eigenvalue weighted by Gasteiger charge is -2.39. The van der Waals surface area contributed by atoms with E-state index >= 15 is 0 Å². The molecule has 2 aliphatic carbocycles. The standard InChI is InChI=1S/C23H38Cl2O4Si2/c1-13(28-30)22(5,6)26-17-11-9-15(24)19(17)21(3,4)20-16(25)10-12-18(20)27-23(7,8)14(2)29-31/h11-14H,9-10H2,1-8,30-31H3. The molecule has 0 aromatic carbocycles. The molecule has 0 aromatic rings. The van der Waals surface area contributed by atoms with Gasteiger partial charge in [0.25, 0.3) is 0 Å². The molecule has 0 bridgehead atoms. The molecule has 0 fully saturated rings. The first-order chi connectivity index (χ1) is 14.2. The minimum Gasteiger partial charge on any atom is -0.485 e. The molecule has 0 aliphatic heterocycles. The van der Waals surface area contributed by atoms with Gasteiger partial charge in [-0.15, -0.1) is 0 Å². The largest absolute Gasteiger partial charge is 0.485 e. The Bertz CT molecular complexity index is 759. The fourth-order valence-electron chi connectivity index (χ4n) is 3.95. The van der Waals surface area contributed by atoms with Crippen molar-refractivity contribution in [2.75, 3.05) is 0 Å². The van der Waals surface area contributed by atoms with Crippen LogP contribution in [0.1, 0.15) is 68.2 Å². The average Bonchev–Trinajstić information content (AvgIpc) is 3.22. The third kappa shape index (κ3) is 5.53. The van der Waals surface area contributed by atoms with Crippen molar-refractivity contribution >= 4 is 44.2 Å². The zero-order valence-electron chi connectivity index (χ0n) is 20.6. The quantitative estimate of drug-likeness (QED) is 0.409. The highest BCUT2D eigenvalue weighted by Crippen LogP contribution is 2.53. The van der Waals surface area contributed by atoms with Crippen LogP contribution in [0.15, 0.2) is 44.9 Å². The first-order valence-electron chi connectivity index (χ1n) is 10.8. The van der Waals surface area contributed by atoms with Crippen LogP contribution in [0.2, 0.25) is 0 Å². The molecular weight excluding hydrogens is 467 g/mol. The van der Waals surface area contributed by atoms with Gasteiger partial charge in [-0.25, -0.2) is 0 Å². The molecule has 31 heavy (non-hydrogen) atoms. The molecule has 0 heterocycles. The molecule has 0 saturated carbocycles. The summed E-state index contributed by atoms with van der Waals surface area (Å²) in [5, 5.41) is 1.54.